The third-order valence-corrected chi connectivity index (χ3v) is 7.19. The summed E-state index contributed by atoms with van der Waals surface area (Å²) in [7, 11) is 3.43. The van der Waals surface area contributed by atoms with Gasteiger partial charge in [0.05, 0.1) is 12.5 Å². The number of carbonyl (C=O) groups is 2. The lowest BCUT2D eigenvalue weighted by Gasteiger charge is -2.38. The fraction of sp³-hybridized carbons (Fsp3) is 0.435. The molecule has 1 saturated carbocycles. The van der Waals surface area contributed by atoms with Crippen LogP contribution in [0, 0.1) is 5.92 Å². The van der Waals surface area contributed by atoms with Crippen LogP contribution >= 0.6 is 11.6 Å². The highest BCUT2D eigenvalue weighted by atomic mass is 35.5. The Bertz CT molecular complexity index is 1270. The minimum atomic E-state index is -1.20. The molecule has 0 spiro atoms. The number of amides is 1. The Kier molecular flexibility index (Phi) is 5.65. The van der Waals surface area contributed by atoms with E-state index in [1.165, 1.54) is 4.90 Å². The molecule has 10 nitrogen and oxygen atoms in total. The number of halogens is 1. The van der Waals surface area contributed by atoms with Gasteiger partial charge in [-0.2, -0.15) is 4.98 Å². The van der Waals surface area contributed by atoms with Crippen molar-refractivity contribution in [3.05, 3.63) is 40.7 Å². The quantitative estimate of drug-likeness (QED) is 0.436. The number of rotatable bonds is 5. The van der Waals surface area contributed by atoms with Gasteiger partial charge in [0.1, 0.15) is 0 Å². The summed E-state index contributed by atoms with van der Waals surface area (Å²) in [5.41, 5.74) is 1.96. The Morgan fingerprint density at radius 2 is 2.12 bits per heavy atom. The number of hydrogen-bond acceptors (Lipinski definition) is 6. The van der Waals surface area contributed by atoms with E-state index < -0.39 is 12.3 Å². The average Bonchev–Trinajstić information content (AvgIpc) is 3.37. The van der Waals surface area contributed by atoms with Gasteiger partial charge >= 0.3 is 5.97 Å². The minimum absolute atomic E-state index is 0.0464. The summed E-state index contributed by atoms with van der Waals surface area (Å²) in [5, 5.41) is 25.1. The van der Waals surface area contributed by atoms with Crippen molar-refractivity contribution in [2.24, 2.45) is 13.0 Å². The summed E-state index contributed by atoms with van der Waals surface area (Å²) >= 11 is 6.28. The third-order valence-electron chi connectivity index (χ3n) is 6.86. The van der Waals surface area contributed by atoms with Crippen LogP contribution in [0.3, 0.4) is 0 Å². The van der Waals surface area contributed by atoms with Gasteiger partial charge in [0.15, 0.2) is 11.5 Å². The maximum Gasteiger partial charge on any atom is 0.306 e. The zero-order chi connectivity index (χ0) is 24.1. The lowest BCUT2D eigenvalue weighted by Crippen LogP contribution is -2.53. The zero-order valence-corrected chi connectivity index (χ0v) is 19.7. The number of carboxylic acid groups (broad SMARTS) is 1. The molecule has 1 aliphatic heterocycles. The van der Waals surface area contributed by atoms with Gasteiger partial charge in [0.25, 0.3) is 5.91 Å². The molecule has 3 unspecified atom stereocenters. The normalized spacial score (nSPS) is 22.8. The number of aromatic amines is 1. The largest absolute Gasteiger partial charge is 0.481 e. The smallest absolute Gasteiger partial charge is 0.306 e. The number of hydrogen-bond donors (Lipinski definition) is 4. The molecule has 5 rings (SSSR count). The van der Waals surface area contributed by atoms with E-state index in [0.717, 1.165) is 29.4 Å². The van der Waals surface area contributed by atoms with Crippen LogP contribution in [-0.2, 0) is 18.4 Å². The van der Waals surface area contributed by atoms with Gasteiger partial charge in [-0.15, -0.1) is 0 Å². The number of benzene rings is 1. The van der Waals surface area contributed by atoms with E-state index in [2.05, 4.69) is 15.3 Å². The van der Waals surface area contributed by atoms with Crippen molar-refractivity contribution < 1.29 is 19.8 Å². The Morgan fingerprint density at radius 1 is 1.32 bits per heavy atom. The highest BCUT2D eigenvalue weighted by molar-refractivity contribution is 6.35. The Balaban J connectivity index is 1.41. The first-order chi connectivity index (χ1) is 16.2. The Labute approximate surface area is 201 Å². The van der Waals surface area contributed by atoms with Gasteiger partial charge in [-0.3, -0.25) is 14.5 Å². The number of aliphatic hydroxyl groups is 1. The van der Waals surface area contributed by atoms with Crippen molar-refractivity contribution in [1.29, 1.82) is 0 Å². The molecule has 2 aromatic heterocycles. The lowest BCUT2D eigenvalue weighted by molar-refractivity contribution is -0.142. The molecule has 0 bridgehead atoms. The molecule has 1 amide bonds. The minimum Gasteiger partial charge on any atom is -0.481 e. The highest BCUT2D eigenvalue weighted by Gasteiger charge is 2.40. The van der Waals surface area contributed by atoms with E-state index in [1.54, 1.807) is 29.6 Å². The van der Waals surface area contributed by atoms with E-state index in [9.17, 15) is 19.8 Å². The summed E-state index contributed by atoms with van der Waals surface area (Å²) < 4.78 is 1.68. The number of aliphatic hydroxyl groups excluding tert-OH is 1. The zero-order valence-electron chi connectivity index (χ0n) is 19.0. The van der Waals surface area contributed by atoms with Gasteiger partial charge in [0, 0.05) is 41.8 Å². The highest BCUT2D eigenvalue weighted by Crippen LogP contribution is 2.34. The number of carboxylic acids is 1. The first-order valence-corrected chi connectivity index (χ1v) is 11.7. The molecule has 34 heavy (non-hydrogen) atoms. The molecular weight excluding hydrogens is 460 g/mol. The predicted molar refractivity (Wildman–Crippen MR) is 128 cm³/mol. The molecule has 0 radical (unpaired) electrons. The molecule has 3 aromatic rings. The van der Waals surface area contributed by atoms with Gasteiger partial charge in [-0.25, -0.2) is 0 Å². The van der Waals surface area contributed by atoms with Crippen LogP contribution < -0.4 is 10.2 Å². The maximum atomic E-state index is 13.5. The van der Waals surface area contributed by atoms with Crippen molar-refractivity contribution >= 4 is 46.1 Å². The van der Waals surface area contributed by atoms with Gasteiger partial charge in [-0.05, 0) is 37.5 Å². The van der Waals surface area contributed by atoms with Gasteiger partial charge < -0.3 is 30.0 Å². The molecule has 11 heteroatoms. The standard InChI is InChI=1S/C23H27ClN6O4/c1-28-18-19(27-22(28)26-13-6-3-5-12(9-13)21(32)33)29(2)23(34)30(20(18)31)11-14-10-15-16(24)7-4-8-17(15)25-14/h4,7-8,10,12-13,23,25,34H,3,5-6,9,11H2,1-2H3,(H,26,27)(H,32,33). The van der Waals surface area contributed by atoms with Crippen LogP contribution in [0.1, 0.15) is 41.9 Å². The number of aromatic nitrogens is 3. The van der Waals surface area contributed by atoms with Crippen LogP contribution in [-0.4, -0.2) is 61.0 Å². The van der Waals surface area contributed by atoms with E-state index in [1.807, 2.05) is 18.2 Å². The third kappa shape index (κ3) is 3.76. The number of nitrogens with zero attached hydrogens (tertiary/aromatic N) is 4. The van der Waals surface area contributed by atoms with Gasteiger partial charge in [0.2, 0.25) is 12.3 Å². The maximum absolute atomic E-state index is 13.5. The topological polar surface area (TPSA) is 127 Å². The van der Waals surface area contributed by atoms with Crippen molar-refractivity contribution in [3.63, 3.8) is 0 Å². The number of H-pyrrole nitrogens is 1. The monoisotopic (exact) mass is 486 g/mol. The van der Waals surface area contributed by atoms with E-state index in [0.29, 0.717) is 35.3 Å². The Hall–Kier alpha value is -3.24. The summed E-state index contributed by atoms with van der Waals surface area (Å²) in [4.78, 5) is 35.6. The molecule has 180 valence electrons. The van der Waals surface area contributed by atoms with Crippen LogP contribution in [0.5, 0.6) is 0 Å². The van der Waals surface area contributed by atoms with E-state index >= 15 is 0 Å². The molecular formula is C23H27ClN6O4. The van der Waals surface area contributed by atoms with Crippen molar-refractivity contribution in [2.75, 3.05) is 17.3 Å². The molecule has 2 aliphatic rings. The molecule has 1 aromatic carbocycles. The fourth-order valence-electron chi connectivity index (χ4n) is 4.98. The number of carbonyl (C=O) groups excluding carboxylic acids is 1. The number of fused-ring (bicyclic) bond motifs is 2. The second-order valence-corrected chi connectivity index (χ2v) is 9.50. The molecule has 3 atom stereocenters. The van der Waals surface area contributed by atoms with Crippen molar-refractivity contribution in [2.45, 2.75) is 44.6 Å². The first-order valence-electron chi connectivity index (χ1n) is 11.3. The summed E-state index contributed by atoms with van der Waals surface area (Å²) in [5.74, 6) is -0.651. The fourth-order valence-corrected chi connectivity index (χ4v) is 5.21. The molecule has 4 N–H and O–H groups in total. The lowest BCUT2D eigenvalue weighted by atomic mass is 9.86. The molecule has 0 saturated heterocycles. The number of anilines is 2. The first kappa shape index (κ1) is 22.5. The number of nitrogens with one attached hydrogen (secondary N) is 2. The predicted octanol–water partition coefficient (Wildman–Crippen LogP) is 2.98. The average molecular weight is 487 g/mol. The van der Waals surface area contributed by atoms with Gasteiger partial charge in [-0.1, -0.05) is 24.1 Å². The van der Waals surface area contributed by atoms with E-state index in [-0.39, 0.29) is 24.4 Å². The van der Waals surface area contributed by atoms with Crippen LogP contribution in [0.25, 0.3) is 10.9 Å². The summed E-state index contributed by atoms with van der Waals surface area (Å²) in [6.45, 7) is 0.158. The SMILES string of the molecule is CN1c2nc(NC3CCCC(C(=O)O)C3)n(C)c2C(=O)N(Cc2cc3c(Cl)cccc3[nH]2)C1O. The van der Waals surface area contributed by atoms with E-state index in [4.69, 9.17) is 11.6 Å². The van der Waals surface area contributed by atoms with Crippen molar-refractivity contribution in [1.82, 2.24) is 19.4 Å². The number of imidazole rings is 1. The van der Waals surface area contributed by atoms with Crippen LogP contribution in [0.2, 0.25) is 5.02 Å². The van der Waals surface area contributed by atoms with Crippen molar-refractivity contribution in [3.8, 4) is 0 Å². The summed E-state index contributed by atoms with van der Waals surface area (Å²) in [6.07, 6.45) is 1.64. The molecule has 1 aliphatic carbocycles. The summed E-state index contributed by atoms with van der Waals surface area (Å²) in [6, 6.07) is 7.39. The molecule has 1 fully saturated rings. The Morgan fingerprint density at radius 3 is 2.85 bits per heavy atom. The second-order valence-electron chi connectivity index (χ2n) is 9.10. The van der Waals surface area contributed by atoms with Crippen LogP contribution in [0.4, 0.5) is 11.8 Å². The molecule has 3 heterocycles. The number of aliphatic carboxylic acids is 1. The van der Waals surface area contributed by atoms with Crippen LogP contribution in [0.15, 0.2) is 24.3 Å². The second kappa shape index (κ2) is 8.52.